The van der Waals surface area contributed by atoms with Crippen LogP contribution in [0.4, 0.5) is 11.4 Å². The molecular weight excluding hydrogens is 472 g/mol. The maximum atomic E-state index is 14.1. The molecule has 0 unspecified atom stereocenters. The molecule has 5 heteroatoms. The van der Waals surface area contributed by atoms with Gasteiger partial charge in [-0.15, -0.1) is 0 Å². The third-order valence-corrected chi connectivity index (χ3v) is 7.70. The third kappa shape index (κ3) is 5.10. The van der Waals surface area contributed by atoms with Gasteiger partial charge in [-0.1, -0.05) is 68.3 Å². The number of ketones is 1. The molecule has 196 valence electrons. The Hall–Kier alpha value is -3.86. The van der Waals surface area contributed by atoms with E-state index in [0.717, 1.165) is 58.8 Å². The van der Waals surface area contributed by atoms with Crippen molar-refractivity contribution in [3.8, 4) is 5.75 Å². The van der Waals surface area contributed by atoms with Crippen molar-refractivity contribution in [1.29, 1.82) is 0 Å². The molecule has 1 N–H and O–H groups in total. The number of carbonyl (C=O) groups is 2. The van der Waals surface area contributed by atoms with Crippen LogP contribution >= 0.6 is 0 Å². The van der Waals surface area contributed by atoms with Crippen LogP contribution in [0.3, 0.4) is 0 Å². The van der Waals surface area contributed by atoms with Gasteiger partial charge in [0.1, 0.15) is 5.75 Å². The topological polar surface area (TPSA) is 58.6 Å². The lowest BCUT2D eigenvalue weighted by atomic mass is 9.78. The fourth-order valence-electron chi connectivity index (χ4n) is 5.73. The number of hydrogen-bond acceptors (Lipinski definition) is 4. The van der Waals surface area contributed by atoms with E-state index in [1.54, 1.807) is 7.11 Å². The summed E-state index contributed by atoms with van der Waals surface area (Å²) in [6, 6.07) is 23.7. The second kappa shape index (κ2) is 11.3. The maximum Gasteiger partial charge on any atom is 0.227 e. The van der Waals surface area contributed by atoms with Gasteiger partial charge >= 0.3 is 0 Å². The number of Topliss-reactive ketones (excluding diaryl/α,β-unsaturated/α-hetero) is 1. The van der Waals surface area contributed by atoms with E-state index in [2.05, 4.69) is 36.5 Å². The van der Waals surface area contributed by atoms with Gasteiger partial charge in [0, 0.05) is 24.1 Å². The monoisotopic (exact) mass is 508 g/mol. The summed E-state index contributed by atoms with van der Waals surface area (Å²) < 4.78 is 5.41. The number of anilines is 2. The molecule has 0 radical (unpaired) electrons. The van der Waals surface area contributed by atoms with E-state index in [-0.39, 0.29) is 17.6 Å². The highest BCUT2D eigenvalue weighted by atomic mass is 16.5. The summed E-state index contributed by atoms with van der Waals surface area (Å²) in [5.41, 5.74) is 6.43. The van der Waals surface area contributed by atoms with E-state index in [0.29, 0.717) is 24.8 Å². The van der Waals surface area contributed by atoms with Crippen molar-refractivity contribution < 1.29 is 14.3 Å². The summed E-state index contributed by atoms with van der Waals surface area (Å²) in [6.07, 6.45) is 4.44. The van der Waals surface area contributed by atoms with Crippen molar-refractivity contribution in [1.82, 2.24) is 0 Å². The highest BCUT2D eigenvalue weighted by Crippen LogP contribution is 2.48. The number of benzene rings is 3. The first kappa shape index (κ1) is 25.8. The molecule has 1 amide bonds. The minimum Gasteiger partial charge on any atom is -0.497 e. The fraction of sp³-hybridized carbons (Fsp3) is 0.333. The number of ether oxygens (including phenoxy) is 1. The molecule has 3 aromatic rings. The van der Waals surface area contributed by atoms with Crippen LogP contribution in [0.15, 0.2) is 84.1 Å². The number of allylic oxidation sites excluding steroid dienone is 1. The van der Waals surface area contributed by atoms with Crippen LogP contribution < -0.4 is 15.0 Å². The molecular formula is C33H36N2O3. The van der Waals surface area contributed by atoms with Crippen molar-refractivity contribution in [2.75, 3.05) is 17.3 Å². The number of aryl methyl sites for hydroxylation is 1. The third-order valence-electron chi connectivity index (χ3n) is 7.70. The molecule has 1 aliphatic carbocycles. The van der Waals surface area contributed by atoms with E-state index >= 15 is 0 Å². The summed E-state index contributed by atoms with van der Waals surface area (Å²) in [6.45, 7) is 4.18. The molecule has 5 rings (SSSR count). The summed E-state index contributed by atoms with van der Waals surface area (Å²) >= 11 is 0. The number of rotatable bonds is 7. The molecule has 0 saturated heterocycles. The molecule has 2 aliphatic rings. The van der Waals surface area contributed by atoms with Gasteiger partial charge in [0.05, 0.1) is 24.5 Å². The molecule has 0 aromatic heterocycles. The Morgan fingerprint density at radius 3 is 2.45 bits per heavy atom. The van der Waals surface area contributed by atoms with Crippen LogP contribution in [-0.2, 0) is 9.59 Å². The Labute approximate surface area is 225 Å². The Balaban J connectivity index is 1.68. The second-order valence-corrected chi connectivity index (χ2v) is 10.4. The maximum absolute atomic E-state index is 14.1. The zero-order chi connectivity index (χ0) is 26.6. The summed E-state index contributed by atoms with van der Waals surface area (Å²) in [5.74, 6) is 0.960. The zero-order valence-electron chi connectivity index (χ0n) is 22.5. The average Bonchev–Trinajstić information content (AvgIpc) is 3.08. The first-order chi connectivity index (χ1) is 18.5. The van der Waals surface area contributed by atoms with Crippen LogP contribution in [-0.4, -0.2) is 18.8 Å². The van der Waals surface area contributed by atoms with Gasteiger partial charge in [0.2, 0.25) is 5.91 Å². The van der Waals surface area contributed by atoms with Gasteiger partial charge in [-0.05, 0) is 66.6 Å². The minimum absolute atomic E-state index is 0.0413. The van der Waals surface area contributed by atoms with Gasteiger partial charge in [-0.25, -0.2) is 0 Å². The molecule has 5 nitrogen and oxygen atoms in total. The molecule has 0 spiro atoms. The lowest BCUT2D eigenvalue weighted by molar-refractivity contribution is -0.119. The van der Waals surface area contributed by atoms with Crippen LogP contribution in [0.2, 0.25) is 0 Å². The SMILES string of the molecule is CCCCCC(=O)N1c2cc(C)ccc2NC2=C(C(=O)C[C@H](c3ccccc3)C2)[C@H]1c1ccc(OC)cc1. The van der Waals surface area contributed by atoms with E-state index < -0.39 is 6.04 Å². The first-order valence-electron chi connectivity index (χ1n) is 13.6. The van der Waals surface area contributed by atoms with E-state index in [9.17, 15) is 9.59 Å². The standard InChI is InChI=1S/C33H36N2O3/c1-4-5-7-12-31(37)35-29-19-22(2)13-18-27(29)34-28-20-25(23-10-8-6-9-11-23)21-30(36)32(28)33(35)24-14-16-26(38-3)17-15-24/h6,8-11,13-19,25,33-34H,4-5,7,12,20-21H2,1-3H3/t25-,33-/m1/s1. The number of unbranched alkanes of at least 4 members (excludes halogenated alkanes) is 2. The lowest BCUT2D eigenvalue weighted by Crippen LogP contribution is -2.38. The molecule has 0 fully saturated rings. The zero-order valence-corrected chi connectivity index (χ0v) is 22.5. The number of nitrogens with one attached hydrogen (secondary N) is 1. The van der Waals surface area contributed by atoms with Gasteiger partial charge in [0.15, 0.2) is 5.78 Å². The molecule has 38 heavy (non-hydrogen) atoms. The number of nitrogens with zero attached hydrogens (tertiary/aromatic N) is 1. The second-order valence-electron chi connectivity index (χ2n) is 10.4. The van der Waals surface area contributed by atoms with E-state index in [4.69, 9.17) is 4.74 Å². The van der Waals surface area contributed by atoms with Crippen LogP contribution in [0.1, 0.15) is 74.1 Å². The largest absolute Gasteiger partial charge is 0.497 e. The molecule has 3 aromatic carbocycles. The summed E-state index contributed by atoms with van der Waals surface area (Å²) in [4.78, 5) is 30.0. The van der Waals surface area contributed by atoms with Gasteiger partial charge in [-0.3, -0.25) is 14.5 Å². The predicted octanol–water partition coefficient (Wildman–Crippen LogP) is 7.48. The molecule has 1 heterocycles. The summed E-state index contributed by atoms with van der Waals surface area (Å²) in [7, 11) is 1.64. The first-order valence-corrected chi connectivity index (χ1v) is 13.6. The quantitative estimate of drug-likeness (QED) is 0.336. The van der Waals surface area contributed by atoms with Crippen molar-refractivity contribution in [3.05, 3.63) is 101 Å². The van der Waals surface area contributed by atoms with Crippen molar-refractivity contribution in [2.45, 2.75) is 64.3 Å². The number of hydrogen-bond donors (Lipinski definition) is 1. The van der Waals surface area contributed by atoms with E-state index in [1.807, 2.05) is 60.4 Å². The fourth-order valence-corrected chi connectivity index (χ4v) is 5.73. The van der Waals surface area contributed by atoms with Gasteiger partial charge < -0.3 is 10.1 Å². The number of methoxy groups -OCH3 is 1. The molecule has 2 atom stereocenters. The molecule has 0 bridgehead atoms. The highest BCUT2D eigenvalue weighted by molar-refractivity contribution is 6.06. The Kier molecular flexibility index (Phi) is 7.64. The van der Waals surface area contributed by atoms with E-state index in [1.165, 1.54) is 0 Å². The van der Waals surface area contributed by atoms with Gasteiger partial charge in [-0.2, -0.15) is 0 Å². The van der Waals surface area contributed by atoms with Crippen molar-refractivity contribution in [2.24, 2.45) is 0 Å². The van der Waals surface area contributed by atoms with Crippen LogP contribution in [0, 0.1) is 6.92 Å². The Bertz CT molecular complexity index is 1340. The molecule has 0 saturated carbocycles. The van der Waals surface area contributed by atoms with Crippen molar-refractivity contribution in [3.63, 3.8) is 0 Å². The lowest BCUT2D eigenvalue weighted by Gasteiger charge is -2.35. The molecule has 1 aliphatic heterocycles. The van der Waals surface area contributed by atoms with Crippen LogP contribution in [0.25, 0.3) is 0 Å². The Morgan fingerprint density at radius 1 is 0.974 bits per heavy atom. The van der Waals surface area contributed by atoms with Gasteiger partial charge in [0.25, 0.3) is 0 Å². The minimum atomic E-state index is -0.509. The summed E-state index contributed by atoms with van der Waals surface area (Å²) in [5, 5.41) is 3.63. The highest BCUT2D eigenvalue weighted by Gasteiger charge is 2.41. The van der Waals surface area contributed by atoms with Crippen molar-refractivity contribution >= 4 is 23.1 Å². The number of amides is 1. The number of fused-ring (bicyclic) bond motifs is 1. The Morgan fingerprint density at radius 2 is 1.74 bits per heavy atom. The average molecular weight is 509 g/mol. The van der Waals surface area contributed by atoms with Crippen LogP contribution in [0.5, 0.6) is 5.75 Å². The smallest absolute Gasteiger partial charge is 0.227 e. The predicted molar refractivity (Wildman–Crippen MR) is 153 cm³/mol. The normalized spacial score (nSPS) is 18.8. The number of carbonyl (C=O) groups excluding carboxylic acids is 2.